The zero-order valence-electron chi connectivity index (χ0n) is 20.7. The van der Waals surface area contributed by atoms with E-state index in [1.807, 2.05) is 36.4 Å². The Morgan fingerprint density at radius 3 is 2.36 bits per heavy atom. The van der Waals surface area contributed by atoms with E-state index in [1.165, 1.54) is 0 Å². The third-order valence-corrected chi connectivity index (χ3v) is 7.91. The van der Waals surface area contributed by atoms with Crippen LogP contribution in [0.5, 0.6) is 0 Å². The summed E-state index contributed by atoms with van der Waals surface area (Å²) in [7, 11) is 0. The fourth-order valence-corrected chi connectivity index (χ4v) is 6.07. The molecule has 3 aliphatic rings. The molecule has 2 unspecified atom stereocenters. The van der Waals surface area contributed by atoms with Crippen LogP contribution in [0, 0.1) is 11.8 Å². The number of benzene rings is 2. The van der Waals surface area contributed by atoms with Gasteiger partial charge in [0.2, 0.25) is 0 Å². The van der Waals surface area contributed by atoms with Crippen LogP contribution in [-0.4, -0.2) is 34.1 Å². The highest BCUT2D eigenvalue weighted by Crippen LogP contribution is 2.42. The van der Waals surface area contributed by atoms with E-state index in [0.717, 1.165) is 42.4 Å². The molecule has 5 atom stereocenters. The smallest absolute Gasteiger partial charge is 0.354 e. The number of alkyl halides is 6. The Bertz CT molecular complexity index is 1350. The van der Waals surface area contributed by atoms with Crippen molar-refractivity contribution >= 4 is 33.9 Å². The molecule has 6 rings (SSSR count). The second-order valence-corrected chi connectivity index (χ2v) is 10.4. The van der Waals surface area contributed by atoms with Gasteiger partial charge in [-0.15, -0.1) is 6.58 Å². The summed E-state index contributed by atoms with van der Waals surface area (Å²) in [5.74, 6) is 0.787. The normalized spacial score (nSPS) is 23.8. The SMILES string of the molecule is C=CC1CN2CC[C@H]1C[C@H]2[C@@H](NC(=S)Nc1cc(C(F)(F)F)cc(C(F)(F)F)c1)c1ccnc2ccccc12. The van der Waals surface area contributed by atoms with Crippen molar-refractivity contribution in [2.75, 3.05) is 18.4 Å². The molecule has 206 valence electrons. The van der Waals surface area contributed by atoms with Gasteiger partial charge >= 0.3 is 12.4 Å². The fourth-order valence-electron chi connectivity index (χ4n) is 5.83. The molecule has 3 aromatic rings. The Morgan fingerprint density at radius 1 is 1.05 bits per heavy atom. The van der Waals surface area contributed by atoms with Gasteiger partial charge in [-0.25, -0.2) is 0 Å². The highest BCUT2D eigenvalue weighted by Gasteiger charge is 2.43. The van der Waals surface area contributed by atoms with Crippen molar-refractivity contribution in [3.05, 3.63) is 84.1 Å². The topological polar surface area (TPSA) is 40.2 Å². The summed E-state index contributed by atoms with van der Waals surface area (Å²) in [6.45, 7) is 5.68. The summed E-state index contributed by atoms with van der Waals surface area (Å²) in [4.78, 5) is 6.79. The monoisotopic (exact) mass is 564 g/mol. The molecule has 2 aromatic carbocycles. The number of piperidine rings is 3. The van der Waals surface area contributed by atoms with Gasteiger partial charge in [0.1, 0.15) is 0 Å². The Kier molecular flexibility index (Phi) is 7.32. The van der Waals surface area contributed by atoms with Crippen molar-refractivity contribution in [1.82, 2.24) is 15.2 Å². The molecule has 3 fully saturated rings. The summed E-state index contributed by atoms with van der Waals surface area (Å²) >= 11 is 5.47. The van der Waals surface area contributed by atoms with Crippen LogP contribution >= 0.6 is 12.2 Å². The molecule has 11 heteroatoms. The van der Waals surface area contributed by atoms with E-state index in [9.17, 15) is 26.3 Å². The summed E-state index contributed by atoms with van der Waals surface area (Å²) in [5.41, 5.74) is -1.55. The van der Waals surface area contributed by atoms with Gasteiger partial charge in [0, 0.05) is 29.9 Å². The molecule has 2 N–H and O–H groups in total. The number of pyridine rings is 1. The van der Waals surface area contributed by atoms with Crippen LogP contribution < -0.4 is 10.6 Å². The van der Waals surface area contributed by atoms with Crippen molar-refractivity contribution in [1.29, 1.82) is 0 Å². The minimum Gasteiger partial charge on any atom is -0.354 e. The van der Waals surface area contributed by atoms with Crippen molar-refractivity contribution in [3.8, 4) is 0 Å². The lowest BCUT2D eigenvalue weighted by Gasteiger charge is -2.52. The van der Waals surface area contributed by atoms with Crippen LogP contribution in [0.15, 0.2) is 67.4 Å². The molecule has 3 saturated heterocycles. The van der Waals surface area contributed by atoms with E-state index in [2.05, 4.69) is 27.1 Å². The highest BCUT2D eigenvalue weighted by atomic mass is 32.1. The highest BCUT2D eigenvalue weighted by molar-refractivity contribution is 7.80. The van der Waals surface area contributed by atoms with Crippen molar-refractivity contribution in [3.63, 3.8) is 0 Å². The molecule has 3 aliphatic heterocycles. The second kappa shape index (κ2) is 10.4. The summed E-state index contributed by atoms with van der Waals surface area (Å²) in [5, 5.41) is 6.65. The summed E-state index contributed by atoms with van der Waals surface area (Å²) < 4.78 is 80.3. The third-order valence-electron chi connectivity index (χ3n) is 7.69. The molecular formula is C28H26F6N4S. The Hall–Kier alpha value is -3.18. The van der Waals surface area contributed by atoms with Crippen LogP contribution in [0.2, 0.25) is 0 Å². The number of thiocarbonyl (C=S) groups is 1. The molecule has 0 spiro atoms. The van der Waals surface area contributed by atoms with Gasteiger partial charge in [-0.1, -0.05) is 24.3 Å². The maximum atomic E-state index is 13.4. The van der Waals surface area contributed by atoms with Crippen LogP contribution in [-0.2, 0) is 12.4 Å². The molecule has 0 radical (unpaired) electrons. The van der Waals surface area contributed by atoms with E-state index in [-0.39, 0.29) is 23.3 Å². The van der Waals surface area contributed by atoms with Gasteiger partial charge in [0.05, 0.1) is 22.7 Å². The zero-order chi connectivity index (χ0) is 27.9. The van der Waals surface area contributed by atoms with Gasteiger partial charge in [0.25, 0.3) is 0 Å². The molecule has 4 heterocycles. The molecular weight excluding hydrogens is 538 g/mol. The van der Waals surface area contributed by atoms with E-state index in [4.69, 9.17) is 12.2 Å². The maximum absolute atomic E-state index is 13.4. The van der Waals surface area contributed by atoms with Crippen molar-refractivity contribution in [2.24, 2.45) is 11.8 Å². The molecule has 39 heavy (non-hydrogen) atoms. The number of rotatable bonds is 5. The van der Waals surface area contributed by atoms with E-state index in [0.29, 0.717) is 24.0 Å². The third kappa shape index (κ3) is 5.74. The molecule has 0 amide bonds. The predicted octanol–water partition coefficient (Wildman–Crippen LogP) is 7.20. The number of anilines is 1. The molecule has 4 nitrogen and oxygen atoms in total. The first-order chi connectivity index (χ1) is 18.4. The minimum absolute atomic E-state index is 0.00208. The number of nitrogens with zero attached hydrogens (tertiary/aromatic N) is 2. The number of halogens is 6. The van der Waals surface area contributed by atoms with E-state index in [1.54, 1.807) is 6.20 Å². The van der Waals surface area contributed by atoms with Crippen LogP contribution in [0.25, 0.3) is 10.9 Å². The number of hydrogen-bond donors (Lipinski definition) is 2. The number of fused-ring (bicyclic) bond motifs is 4. The summed E-state index contributed by atoms with van der Waals surface area (Å²) in [6.07, 6.45) is -4.37. The number of para-hydroxylation sites is 1. The zero-order valence-corrected chi connectivity index (χ0v) is 21.5. The first-order valence-corrected chi connectivity index (χ1v) is 12.9. The molecule has 0 aliphatic carbocycles. The van der Waals surface area contributed by atoms with Gasteiger partial charge < -0.3 is 10.6 Å². The average Bonchev–Trinajstić information content (AvgIpc) is 2.90. The Balaban J connectivity index is 1.48. The fraction of sp³-hybridized carbons (Fsp3) is 0.357. The lowest BCUT2D eigenvalue weighted by Crippen LogP contribution is -2.57. The Morgan fingerprint density at radius 2 is 1.74 bits per heavy atom. The molecule has 0 saturated carbocycles. The lowest BCUT2D eigenvalue weighted by atomic mass is 9.73. The summed E-state index contributed by atoms with van der Waals surface area (Å²) in [6, 6.07) is 10.4. The van der Waals surface area contributed by atoms with Gasteiger partial charge in [0.15, 0.2) is 5.11 Å². The minimum atomic E-state index is -4.96. The van der Waals surface area contributed by atoms with Gasteiger partial charge in [-0.2, -0.15) is 26.3 Å². The molecule has 1 aromatic heterocycles. The lowest BCUT2D eigenvalue weighted by molar-refractivity contribution is -0.143. The number of aromatic nitrogens is 1. The van der Waals surface area contributed by atoms with Gasteiger partial charge in [-0.3, -0.25) is 9.88 Å². The van der Waals surface area contributed by atoms with Crippen LogP contribution in [0.3, 0.4) is 0 Å². The standard InChI is InChI=1S/C28H26F6N4S/c1-2-16-15-38-10-8-17(16)11-24(38)25(22-7-9-35-23-6-4-3-5-21(22)23)37-26(39)36-20-13-18(27(29,30)31)12-19(14-20)28(32,33)34/h2-7,9,12-14,16-17,24-25H,1,8,10-11,15H2,(H2,36,37,39)/t16?,17-,24-,25-/m0/s1. The molecule has 2 bridgehead atoms. The Labute approximate surface area is 227 Å². The first kappa shape index (κ1) is 27.4. The van der Waals surface area contributed by atoms with Gasteiger partial charge in [-0.05, 0) is 79.3 Å². The number of nitrogens with one attached hydrogen (secondary N) is 2. The van der Waals surface area contributed by atoms with Crippen molar-refractivity contribution < 1.29 is 26.3 Å². The van der Waals surface area contributed by atoms with Crippen molar-refractivity contribution in [2.45, 2.75) is 37.3 Å². The first-order valence-electron chi connectivity index (χ1n) is 12.5. The average molecular weight is 565 g/mol. The quantitative estimate of drug-likeness (QED) is 0.195. The number of hydrogen-bond acceptors (Lipinski definition) is 3. The van der Waals surface area contributed by atoms with E-state index < -0.39 is 29.2 Å². The van der Waals surface area contributed by atoms with E-state index >= 15 is 0 Å². The largest absolute Gasteiger partial charge is 0.416 e. The maximum Gasteiger partial charge on any atom is 0.416 e. The van der Waals surface area contributed by atoms with Crippen LogP contribution in [0.1, 0.15) is 35.6 Å². The predicted molar refractivity (Wildman–Crippen MR) is 142 cm³/mol. The second-order valence-electron chi connectivity index (χ2n) is 10.0. The van der Waals surface area contributed by atoms with Crippen LogP contribution in [0.4, 0.5) is 32.0 Å².